The topological polar surface area (TPSA) is 95.4 Å². The Kier molecular flexibility index (Phi) is 5.70. The van der Waals surface area contributed by atoms with Crippen molar-refractivity contribution in [1.29, 1.82) is 0 Å². The highest BCUT2D eigenvalue weighted by Gasteiger charge is 2.21. The van der Waals surface area contributed by atoms with Crippen molar-refractivity contribution in [2.24, 2.45) is 7.05 Å². The van der Waals surface area contributed by atoms with Crippen LogP contribution < -0.4 is 10.6 Å². The van der Waals surface area contributed by atoms with Gasteiger partial charge in [-0.15, -0.1) is 0 Å². The van der Waals surface area contributed by atoms with E-state index >= 15 is 0 Å². The molecule has 1 atom stereocenters. The van der Waals surface area contributed by atoms with Gasteiger partial charge in [0.05, 0.1) is 6.04 Å². The number of hydrogen-bond donors (Lipinski definition) is 2. The van der Waals surface area contributed by atoms with Crippen molar-refractivity contribution in [3.63, 3.8) is 0 Å². The number of aryl methyl sites for hydroxylation is 1. The third-order valence-corrected chi connectivity index (χ3v) is 4.64. The van der Waals surface area contributed by atoms with E-state index in [1.165, 1.54) is 6.33 Å². The summed E-state index contributed by atoms with van der Waals surface area (Å²) in [4.78, 5) is 33.1. The molecule has 3 amide bonds. The van der Waals surface area contributed by atoms with Crippen LogP contribution in [0.3, 0.4) is 0 Å². The quantitative estimate of drug-likeness (QED) is 0.839. The molecule has 0 bridgehead atoms. The second-order valence-corrected chi connectivity index (χ2v) is 6.74. The van der Waals surface area contributed by atoms with Crippen LogP contribution in [0, 0.1) is 0 Å². The first kappa shape index (κ1) is 18.8. The molecule has 3 rings (SSSR count). The second-order valence-electron chi connectivity index (χ2n) is 6.74. The lowest BCUT2D eigenvalue weighted by atomic mass is 10.1. The lowest BCUT2D eigenvalue weighted by Crippen LogP contribution is -2.47. The van der Waals surface area contributed by atoms with Crippen LogP contribution in [0.15, 0.2) is 30.6 Å². The van der Waals surface area contributed by atoms with Gasteiger partial charge in [-0.3, -0.25) is 9.48 Å². The van der Waals surface area contributed by atoms with Gasteiger partial charge in [0.1, 0.15) is 12.2 Å². The van der Waals surface area contributed by atoms with Crippen molar-refractivity contribution < 1.29 is 9.59 Å². The summed E-state index contributed by atoms with van der Waals surface area (Å²) in [5.41, 5.74) is 1.14. The van der Waals surface area contributed by atoms with Gasteiger partial charge in [-0.05, 0) is 32.2 Å². The number of amides is 3. The van der Waals surface area contributed by atoms with Crippen molar-refractivity contribution in [3.8, 4) is 0 Å². The molecule has 1 aromatic carbocycles. The average molecular weight is 371 g/mol. The van der Waals surface area contributed by atoms with Crippen molar-refractivity contribution >= 4 is 17.6 Å². The SMILES string of the molecule is C[C@H](NC(=O)Nc1cccc(C(=O)N2CCN(C)CC2)c1)c1ncnn1C. The number of hydrogen-bond acceptors (Lipinski definition) is 5. The number of benzene rings is 1. The first-order valence-electron chi connectivity index (χ1n) is 8.93. The fourth-order valence-electron chi connectivity index (χ4n) is 3.05. The van der Waals surface area contributed by atoms with Crippen LogP contribution in [0.1, 0.15) is 29.1 Å². The number of aromatic nitrogens is 3. The molecule has 2 N–H and O–H groups in total. The van der Waals surface area contributed by atoms with E-state index in [0.717, 1.165) is 13.1 Å². The van der Waals surface area contributed by atoms with E-state index in [-0.39, 0.29) is 18.0 Å². The van der Waals surface area contributed by atoms with Gasteiger partial charge in [0.25, 0.3) is 5.91 Å². The van der Waals surface area contributed by atoms with Gasteiger partial charge in [-0.2, -0.15) is 5.10 Å². The maximum atomic E-state index is 12.7. The number of nitrogens with zero attached hydrogens (tertiary/aromatic N) is 5. The van der Waals surface area contributed by atoms with Crippen LogP contribution in [0.2, 0.25) is 0 Å². The van der Waals surface area contributed by atoms with Crippen LogP contribution in [0.25, 0.3) is 0 Å². The van der Waals surface area contributed by atoms with Crippen molar-refractivity contribution in [3.05, 3.63) is 42.0 Å². The lowest BCUT2D eigenvalue weighted by Gasteiger charge is -2.32. The largest absolute Gasteiger partial charge is 0.336 e. The van der Waals surface area contributed by atoms with E-state index in [1.807, 2.05) is 18.9 Å². The van der Waals surface area contributed by atoms with Crippen LogP contribution >= 0.6 is 0 Å². The fraction of sp³-hybridized carbons (Fsp3) is 0.444. The summed E-state index contributed by atoms with van der Waals surface area (Å²) in [5, 5.41) is 9.59. The zero-order valence-corrected chi connectivity index (χ0v) is 15.8. The van der Waals surface area contributed by atoms with Crippen LogP contribution in [0.5, 0.6) is 0 Å². The molecule has 0 spiro atoms. The van der Waals surface area contributed by atoms with E-state index in [4.69, 9.17) is 0 Å². The summed E-state index contributed by atoms with van der Waals surface area (Å²) in [6.07, 6.45) is 1.44. The predicted octanol–water partition coefficient (Wildman–Crippen LogP) is 1.09. The average Bonchev–Trinajstić information content (AvgIpc) is 3.08. The van der Waals surface area contributed by atoms with E-state index in [1.54, 1.807) is 36.0 Å². The van der Waals surface area contributed by atoms with Gasteiger partial charge in [-0.25, -0.2) is 9.78 Å². The van der Waals surface area contributed by atoms with Gasteiger partial charge in [-0.1, -0.05) is 6.07 Å². The van der Waals surface area contributed by atoms with Crippen molar-refractivity contribution in [1.82, 2.24) is 29.9 Å². The highest BCUT2D eigenvalue weighted by atomic mass is 16.2. The summed E-state index contributed by atoms with van der Waals surface area (Å²) in [5.74, 6) is 0.642. The standard InChI is InChI=1S/C18H25N7O2/c1-13(16-19-12-20-24(16)3)21-18(27)22-15-6-4-5-14(11-15)17(26)25-9-7-23(2)8-10-25/h4-6,11-13H,7-10H2,1-3H3,(H2,21,22,27)/t13-/m0/s1. The highest BCUT2D eigenvalue weighted by Crippen LogP contribution is 2.15. The van der Waals surface area contributed by atoms with Crippen LogP contribution in [0.4, 0.5) is 10.5 Å². The fourth-order valence-corrected chi connectivity index (χ4v) is 3.05. The summed E-state index contributed by atoms with van der Waals surface area (Å²) < 4.78 is 1.61. The zero-order chi connectivity index (χ0) is 19.4. The van der Waals surface area contributed by atoms with E-state index < -0.39 is 0 Å². The minimum atomic E-state index is -0.366. The maximum Gasteiger partial charge on any atom is 0.319 e. The number of nitrogens with one attached hydrogen (secondary N) is 2. The van der Waals surface area contributed by atoms with Crippen LogP contribution in [-0.2, 0) is 7.05 Å². The minimum Gasteiger partial charge on any atom is -0.336 e. The smallest absolute Gasteiger partial charge is 0.319 e. The molecule has 144 valence electrons. The summed E-state index contributed by atoms with van der Waals surface area (Å²) in [7, 11) is 3.82. The van der Waals surface area contributed by atoms with E-state index in [9.17, 15) is 9.59 Å². The maximum absolute atomic E-state index is 12.7. The molecule has 2 aromatic rings. The van der Waals surface area contributed by atoms with Gasteiger partial charge < -0.3 is 20.4 Å². The van der Waals surface area contributed by atoms with E-state index in [2.05, 4.69) is 25.6 Å². The number of piperazine rings is 1. The third-order valence-electron chi connectivity index (χ3n) is 4.64. The number of carbonyl (C=O) groups is 2. The van der Waals surface area contributed by atoms with Crippen molar-refractivity contribution in [2.45, 2.75) is 13.0 Å². The number of carbonyl (C=O) groups excluding carboxylic acids is 2. The molecule has 1 aromatic heterocycles. The molecule has 0 unspecified atom stereocenters. The van der Waals surface area contributed by atoms with Crippen molar-refractivity contribution in [2.75, 3.05) is 38.5 Å². The molecule has 0 saturated carbocycles. The Morgan fingerprint density at radius 3 is 2.56 bits per heavy atom. The summed E-state index contributed by atoms with van der Waals surface area (Å²) in [6, 6.07) is 6.33. The molecular formula is C18H25N7O2. The third kappa shape index (κ3) is 4.62. The number of anilines is 1. The predicted molar refractivity (Wildman–Crippen MR) is 101 cm³/mol. The number of urea groups is 1. The molecule has 1 saturated heterocycles. The summed E-state index contributed by atoms with van der Waals surface area (Å²) >= 11 is 0. The van der Waals surface area contributed by atoms with Gasteiger partial charge in [0.2, 0.25) is 0 Å². The molecule has 1 aliphatic rings. The molecular weight excluding hydrogens is 346 g/mol. The first-order chi connectivity index (χ1) is 12.9. The Morgan fingerprint density at radius 2 is 1.89 bits per heavy atom. The summed E-state index contributed by atoms with van der Waals surface area (Å²) in [6.45, 7) is 4.99. The molecule has 9 heteroatoms. The highest BCUT2D eigenvalue weighted by molar-refractivity contribution is 5.97. The Balaban J connectivity index is 1.61. The molecule has 2 heterocycles. The number of likely N-dealkylation sites (N-methyl/N-ethyl adjacent to an activating group) is 1. The molecule has 0 radical (unpaired) electrons. The van der Waals surface area contributed by atoms with E-state index in [0.29, 0.717) is 30.2 Å². The molecule has 1 fully saturated rings. The minimum absolute atomic E-state index is 0.0142. The molecule has 0 aliphatic carbocycles. The first-order valence-corrected chi connectivity index (χ1v) is 8.93. The Hall–Kier alpha value is -2.94. The Bertz CT molecular complexity index is 812. The monoisotopic (exact) mass is 371 g/mol. The Labute approximate surface area is 158 Å². The Morgan fingerprint density at radius 1 is 1.15 bits per heavy atom. The number of rotatable bonds is 4. The van der Waals surface area contributed by atoms with Gasteiger partial charge >= 0.3 is 6.03 Å². The molecule has 27 heavy (non-hydrogen) atoms. The van der Waals surface area contributed by atoms with Crippen LogP contribution in [-0.4, -0.2) is 69.7 Å². The normalized spacial score (nSPS) is 16.0. The van der Waals surface area contributed by atoms with Gasteiger partial charge in [0.15, 0.2) is 0 Å². The second kappa shape index (κ2) is 8.17. The van der Waals surface area contributed by atoms with Gasteiger partial charge in [0, 0.05) is 44.5 Å². The molecule has 1 aliphatic heterocycles. The zero-order valence-electron chi connectivity index (χ0n) is 15.8. The lowest BCUT2D eigenvalue weighted by molar-refractivity contribution is 0.0664. The molecule has 9 nitrogen and oxygen atoms in total.